The average molecular weight is 612 g/mol. The topological polar surface area (TPSA) is 94.8 Å². The molecule has 1 aromatic heterocycles. The van der Waals surface area contributed by atoms with Crippen LogP contribution in [0.5, 0.6) is 11.5 Å². The van der Waals surface area contributed by atoms with Crippen molar-refractivity contribution in [2.24, 2.45) is 5.10 Å². The van der Waals surface area contributed by atoms with E-state index in [4.69, 9.17) is 26.1 Å². The number of benzene rings is 3. The lowest BCUT2D eigenvalue weighted by Gasteiger charge is -2.14. The molecular weight excluding hydrogens is 584 g/mol. The van der Waals surface area contributed by atoms with E-state index in [1.807, 2.05) is 32.9 Å². The lowest BCUT2D eigenvalue weighted by molar-refractivity contribution is -0.118. The number of anilines is 1. The van der Waals surface area contributed by atoms with Crippen molar-refractivity contribution in [2.45, 2.75) is 33.1 Å². The predicted molar refractivity (Wildman–Crippen MR) is 159 cm³/mol. The fraction of sp³-hybridized carbons (Fsp3) is 0.241. The number of hydrogen-bond acceptors (Lipinski definition) is 6. The fourth-order valence-corrected chi connectivity index (χ4v) is 4.26. The summed E-state index contributed by atoms with van der Waals surface area (Å²) in [4.78, 5) is 30.4. The van der Waals surface area contributed by atoms with Gasteiger partial charge in [-0.1, -0.05) is 41.4 Å². The predicted octanol–water partition coefficient (Wildman–Crippen LogP) is 6.62. The van der Waals surface area contributed by atoms with E-state index in [1.165, 1.54) is 4.68 Å². The molecule has 0 saturated heterocycles. The van der Waals surface area contributed by atoms with Gasteiger partial charge >= 0.3 is 0 Å². The van der Waals surface area contributed by atoms with E-state index in [9.17, 15) is 9.59 Å². The molecule has 1 N–H and O–H groups in total. The van der Waals surface area contributed by atoms with Gasteiger partial charge in [0.1, 0.15) is 5.82 Å². The number of amides is 1. The summed E-state index contributed by atoms with van der Waals surface area (Å²) in [6.07, 6.45) is 2.38. The molecule has 8 nitrogen and oxygen atoms in total. The van der Waals surface area contributed by atoms with Crippen molar-refractivity contribution in [3.63, 3.8) is 0 Å². The van der Waals surface area contributed by atoms with Gasteiger partial charge in [0.2, 0.25) is 0 Å². The van der Waals surface area contributed by atoms with E-state index in [1.54, 1.807) is 54.7 Å². The minimum atomic E-state index is -0.321. The molecule has 4 rings (SSSR count). The maximum atomic E-state index is 13.4. The summed E-state index contributed by atoms with van der Waals surface area (Å²) in [7, 11) is 0. The van der Waals surface area contributed by atoms with Gasteiger partial charge in [-0.15, -0.1) is 0 Å². The van der Waals surface area contributed by atoms with Crippen LogP contribution < -0.4 is 20.3 Å². The lowest BCUT2D eigenvalue weighted by Crippen LogP contribution is -2.23. The van der Waals surface area contributed by atoms with Gasteiger partial charge in [-0.2, -0.15) is 9.78 Å². The van der Waals surface area contributed by atoms with Gasteiger partial charge in [-0.25, -0.2) is 4.98 Å². The third kappa shape index (κ3) is 7.04. The van der Waals surface area contributed by atoms with Crippen molar-refractivity contribution < 1.29 is 14.3 Å². The number of hydrogen-bond donors (Lipinski definition) is 1. The third-order valence-electron chi connectivity index (χ3n) is 5.96. The third-order valence-corrected chi connectivity index (χ3v) is 6.71. The highest BCUT2D eigenvalue weighted by molar-refractivity contribution is 9.10. The van der Waals surface area contributed by atoms with Crippen LogP contribution in [0.25, 0.3) is 10.9 Å². The highest BCUT2D eigenvalue weighted by atomic mass is 79.9. The largest absolute Gasteiger partial charge is 0.490 e. The molecule has 0 aliphatic heterocycles. The van der Waals surface area contributed by atoms with Gasteiger partial charge in [-0.05, 0) is 79.6 Å². The number of carbonyl (C=O) groups is 1. The van der Waals surface area contributed by atoms with Crippen molar-refractivity contribution in [3.05, 3.63) is 91.9 Å². The molecule has 1 atom stereocenters. The molecule has 0 saturated carbocycles. The Kier molecular flexibility index (Phi) is 9.37. The van der Waals surface area contributed by atoms with E-state index in [2.05, 4.69) is 26.3 Å². The normalized spacial score (nSPS) is 12.0. The maximum absolute atomic E-state index is 13.4. The van der Waals surface area contributed by atoms with Crippen molar-refractivity contribution in [3.8, 4) is 11.5 Å². The van der Waals surface area contributed by atoms with Crippen LogP contribution >= 0.6 is 27.5 Å². The van der Waals surface area contributed by atoms with Gasteiger partial charge in [-0.3, -0.25) is 9.59 Å². The van der Waals surface area contributed by atoms with Crippen LogP contribution in [-0.2, 0) is 4.79 Å². The van der Waals surface area contributed by atoms with E-state index >= 15 is 0 Å². The second-order valence-electron chi connectivity index (χ2n) is 8.79. The van der Waals surface area contributed by atoms with Crippen molar-refractivity contribution in [1.29, 1.82) is 0 Å². The molecule has 3 aromatic carbocycles. The molecule has 0 unspecified atom stereocenters. The molecule has 0 radical (unpaired) electrons. The molecule has 1 heterocycles. The Morgan fingerprint density at radius 2 is 1.87 bits per heavy atom. The number of aromatic nitrogens is 2. The molecule has 0 spiro atoms. The Labute approximate surface area is 239 Å². The summed E-state index contributed by atoms with van der Waals surface area (Å²) in [6, 6.07) is 17.5. The molecule has 202 valence electrons. The highest BCUT2D eigenvalue weighted by Crippen LogP contribution is 2.28. The van der Waals surface area contributed by atoms with Gasteiger partial charge in [0.25, 0.3) is 11.5 Å². The highest BCUT2D eigenvalue weighted by Gasteiger charge is 2.16. The van der Waals surface area contributed by atoms with Gasteiger partial charge < -0.3 is 14.8 Å². The second-order valence-corrected chi connectivity index (χ2v) is 10.1. The lowest BCUT2D eigenvalue weighted by atomic mass is 10.1. The molecular formula is C29H28BrClN4O4. The number of rotatable bonds is 10. The number of nitrogens with one attached hydrogen (secondary N) is 1. The molecule has 39 heavy (non-hydrogen) atoms. The summed E-state index contributed by atoms with van der Waals surface area (Å²) in [5.41, 5.74) is 1.69. The first kappa shape index (κ1) is 28.3. The summed E-state index contributed by atoms with van der Waals surface area (Å²) in [6.45, 7) is 6.10. The number of halogens is 2. The van der Waals surface area contributed by atoms with Crippen LogP contribution in [-0.4, -0.2) is 35.0 Å². The Morgan fingerprint density at radius 1 is 1.10 bits per heavy atom. The van der Waals surface area contributed by atoms with Crippen molar-refractivity contribution in [2.75, 3.05) is 18.5 Å². The number of ether oxygens (including phenoxy) is 2. The summed E-state index contributed by atoms with van der Waals surface area (Å²) >= 11 is 9.32. The van der Waals surface area contributed by atoms with Crippen LogP contribution in [0, 0.1) is 0 Å². The zero-order chi connectivity index (χ0) is 27.9. The molecule has 0 bridgehead atoms. The maximum Gasteiger partial charge on any atom is 0.282 e. The fourth-order valence-electron chi connectivity index (χ4n) is 3.77. The average Bonchev–Trinajstić information content (AvgIpc) is 2.93. The van der Waals surface area contributed by atoms with Gasteiger partial charge in [0.05, 0.1) is 23.7 Å². The van der Waals surface area contributed by atoms with Crippen LogP contribution in [0.2, 0.25) is 5.02 Å². The summed E-state index contributed by atoms with van der Waals surface area (Å²) < 4.78 is 13.6. The Morgan fingerprint density at radius 3 is 2.59 bits per heavy atom. The van der Waals surface area contributed by atoms with Gasteiger partial charge in [0.15, 0.2) is 18.1 Å². The number of fused-ring (bicyclic) bond motifs is 1. The molecule has 0 aliphatic rings. The minimum Gasteiger partial charge on any atom is -0.490 e. The molecule has 4 aromatic rings. The van der Waals surface area contributed by atoms with E-state index < -0.39 is 0 Å². The second kappa shape index (κ2) is 12.9. The van der Waals surface area contributed by atoms with E-state index in [-0.39, 0.29) is 24.0 Å². The summed E-state index contributed by atoms with van der Waals surface area (Å²) in [5, 5.41) is 8.33. The standard InChI is InChI=1S/C29H28BrClN4O4/c1-4-18(3)28-34-24-12-7-20(30)15-23(24)29(37)35(28)32-16-19-6-13-25(26(14-19)38-5-2)39-17-27(36)33-22-10-8-21(31)9-11-22/h6-16,18H,4-5,17H2,1-3H3,(H,33,36)/t18-/m0/s1. The van der Waals surface area contributed by atoms with Crippen molar-refractivity contribution in [1.82, 2.24) is 9.66 Å². The zero-order valence-electron chi connectivity index (χ0n) is 21.8. The van der Waals surface area contributed by atoms with Crippen LogP contribution in [0.4, 0.5) is 5.69 Å². The van der Waals surface area contributed by atoms with E-state index in [0.29, 0.717) is 51.1 Å². The monoisotopic (exact) mass is 610 g/mol. The van der Waals surface area contributed by atoms with Crippen LogP contribution in [0.3, 0.4) is 0 Å². The van der Waals surface area contributed by atoms with Crippen LogP contribution in [0.1, 0.15) is 44.5 Å². The quantitative estimate of drug-likeness (QED) is 0.203. The minimum absolute atomic E-state index is 0.0247. The van der Waals surface area contributed by atoms with Crippen molar-refractivity contribution >= 4 is 56.2 Å². The first-order chi connectivity index (χ1) is 18.8. The molecule has 1 amide bonds. The molecule has 10 heteroatoms. The summed E-state index contributed by atoms with van der Waals surface area (Å²) in [5.74, 6) is 1.16. The SMILES string of the molecule is CCOc1cc(C=Nn2c([C@@H](C)CC)nc3ccc(Br)cc3c2=O)ccc1OCC(=O)Nc1ccc(Cl)cc1. The first-order valence-corrected chi connectivity index (χ1v) is 13.7. The smallest absolute Gasteiger partial charge is 0.282 e. The number of nitrogens with zero attached hydrogens (tertiary/aromatic N) is 3. The molecule has 0 aliphatic carbocycles. The van der Waals surface area contributed by atoms with Crippen LogP contribution in [0.15, 0.2) is 75.0 Å². The number of carbonyl (C=O) groups excluding carboxylic acids is 1. The zero-order valence-corrected chi connectivity index (χ0v) is 24.1. The van der Waals surface area contributed by atoms with E-state index in [0.717, 1.165) is 10.9 Å². The first-order valence-electron chi connectivity index (χ1n) is 12.5. The Bertz CT molecular complexity index is 1570. The van der Waals surface area contributed by atoms with Gasteiger partial charge in [0, 0.05) is 21.1 Å². The Hall–Kier alpha value is -3.69. The molecule has 0 fully saturated rings. The Balaban J connectivity index is 1.57.